The molecule has 1 saturated heterocycles. The highest BCUT2D eigenvalue weighted by Gasteiger charge is 2.27. The largest absolute Gasteiger partial charge is 0.421 e. The lowest BCUT2D eigenvalue weighted by Crippen LogP contribution is -2.39. The van der Waals surface area contributed by atoms with Crippen molar-refractivity contribution in [2.45, 2.75) is 19.9 Å². The van der Waals surface area contributed by atoms with E-state index in [1.807, 2.05) is 30.3 Å². The van der Waals surface area contributed by atoms with Gasteiger partial charge in [-0.3, -0.25) is 0 Å². The molecule has 172 valence electrons. The van der Waals surface area contributed by atoms with Crippen LogP contribution < -0.4 is 9.80 Å². The number of rotatable bonds is 4. The summed E-state index contributed by atoms with van der Waals surface area (Å²) in [5.74, 6) is 3.47. The Morgan fingerprint density at radius 2 is 1.62 bits per heavy atom. The minimum absolute atomic E-state index is 0.503. The quantitative estimate of drug-likeness (QED) is 0.455. The minimum atomic E-state index is 0.503. The zero-order chi connectivity index (χ0) is 22.9. The Bertz CT molecular complexity index is 1290. The zero-order valence-corrected chi connectivity index (χ0v) is 18.9. The van der Waals surface area contributed by atoms with Crippen LogP contribution in [0.4, 0.5) is 11.8 Å². The number of morpholine rings is 1. The number of anilines is 2. The Morgan fingerprint density at radius 1 is 0.853 bits per heavy atom. The first-order chi connectivity index (χ1) is 16.7. The number of benzene rings is 1. The van der Waals surface area contributed by atoms with Gasteiger partial charge in [0.25, 0.3) is 0 Å². The molecular weight excluding hydrogens is 432 g/mol. The first-order valence-electron chi connectivity index (χ1n) is 11.4. The van der Waals surface area contributed by atoms with Crippen molar-refractivity contribution in [2.75, 3.05) is 42.6 Å². The van der Waals surface area contributed by atoms with Crippen LogP contribution >= 0.6 is 0 Å². The SMILES string of the molecule is Cc1nnc(-c2ccc(-c3nc4c(c(N5CCOCC5)n3)CCN(c3ncccn3)C4)cc2)o1. The summed E-state index contributed by atoms with van der Waals surface area (Å²) in [6.07, 6.45) is 4.39. The van der Waals surface area contributed by atoms with Crippen LogP contribution in [0, 0.1) is 6.92 Å². The van der Waals surface area contributed by atoms with Crippen LogP contribution in [0.25, 0.3) is 22.8 Å². The van der Waals surface area contributed by atoms with Crippen LogP contribution in [0.5, 0.6) is 0 Å². The molecule has 2 aliphatic heterocycles. The molecule has 0 N–H and O–H groups in total. The Balaban J connectivity index is 1.38. The third-order valence-electron chi connectivity index (χ3n) is 6.10. The Morgan fingerprint density at radius 3 is 2.35 bits per heavy atom. The number of aromatic nitrogens is 6. The molecule has 0 atom stereocenters. The van der Waals surface area contributed by atoms with Crippen LogP contribution in [-0.4, -0.2) is 63.0 Å². The van der Waals surface area contributed by atoms with Gasteiger partial charge in [-0.2, -0.15) is 0 Å². The smallest absolute Gasteiger partial charge is 0.247 e. The summed E-state index contributed by atoms with van der Waals surface area (Å²) in [5, 5.41) is 8.02. The van der Waals surface area contributed by atoms with Gasteiger partial charge in [0.15, 0.2) is 5.82 Å². The number of hydrogen-bond donors (Lipinski definition) is 0. The van der Waals surface area contributed by atoms with Crippen molar-refractivity contribution in [3.05, 3.63) is 59.9 Å². The number of nitrogens with zero attached hydrogens (tertiary/aromatic N) is 8. The second kappa shape index (κ2) is 8.79. The molecule has 10 heteroatoms. The molecule has 6 rings (SSSR count). The second-order valence-electron chi connectivity index (χ2n) is 8.32. The lowest BCUT2D eigenvalue weighted by molar-refractivity contribution is 0.122. The molecular formula is C24H24N8O2. The fraction of sp³-hybridized carbons (Fsp3) is 0.333. The minimum Gasteiger partial charge on any atom is -0.421 e. The molecule has 0 radical (unpaired) electrons. The molecule has 4 aromatic rings. The second-order valence-corrected chi connectivity index (χ2v) is 8.32. The molecule has 0 unspecified atom stereocenters. The lowest BCUT2D eigenvalue weighted by Gasteiger charge is -2.34. The highest BCUT2D eigenvalue weighted by atomic mass is 16.5. The molecule has 0 aliphatic carbocycles. The van der Waals surface area contributed by atoms with E-state index in [9.17, 15) is 0 Å². The third-order valence-corrected chi connectivity index (χ3v) is 6.10. The molecule has 5 heterocycles. The third kappa shape index (κ3) is 3.96. The van der Waals surface area contributed by atoms with Crippen LogP contribution in [0.15, 0.2) is 47.1 Å². The molecule has 0 saturated carbocycles. The fourth-order valence-corrected chi connectivity index (χ4v) is 4.38. The van der Waals surface area contributed by atoms with E-state index in [2.05, 4.69) is 30.0 Å². The van der Waals surface area contributed by atoms with Gasteiger partial charge >= 0.3 is 0 Å². The first kappa shape index (κ1) is 20.7. The van der Waals surface area contributed by atoms with Crippen molar-refractivity contribution in [1.29, 1.82) is 0 Å². The van der Waals surface area contributed by atoms with E-state index in [4.69, 9.17) is 19.1 Å². The van der Waals surface area contributed by atoms with E-state index in [-0.39, 0.29) is 0 Å². The maximum absolute atomic E-state index is 5.58. The van der Waals surface area contributed by atoms with Gasteiger partial charge in [0.05, 0.1) is 25.5 Å². The summed E-state index contributed by atoms with van der Waals surface area (Å²) < 4.78 is 11.1. The fourth-order valence-electron chi connectivity index (χ4n) is 4.38. The van der Waals surface area contributed by atoms with Crippen molar-refractivity contribution in [3.8, 4) is 22.8 Å². The van der Waals surface area contributed by atoms with E-state index in [1.54, 1.807) is 19.3 Å². The van der Waals surface area contributed by atoms with Gasteiger partial charge in [-0.15, -0.1) is 10.2 Å². The molecule has 2 aliphatic rings. The van der Waals surface area contributed by atoms with Crippen LogP contribution in [0.3, 0.4) is 0 Å². The van der Waals surface area contributed by atoms with Crippen molar-refractivity contribution in [1.82, 2.24) is 30.1 Å². The van der Waals surface area contributed by atoms with E-state index in [0.717, 1.165) is 54.6 Å². The summed E-state index contributed by atoms with van der Waals surface area (Å²) in [6.45, 7) is 6.31. The average molecular weight is 457 g/mol. The predicted octanol–water partition coefficient (Wildman–Crippen LogP) is 2.69. The number of aryl methyl sites for hydroxylation is 1. The Labute approximate surface area is 196 Å². The van der Waals surface area contributed by atoms with Crippen LogP contribution in [-0.2, 0) is 17.7 Å². The van der Waals surface area contributed by atoms with Gasteiger partial charge in [0, 0.05) is 55.6 Å². The maximum Gasteiger partial charge on any atom is 0.247 e. The first-order valence-corrected chi connectivity index (χ1v) is 11.4. The Kier molecular flexibility index (Phi) is 5.34. The van der Waals surface area contributed by atoms with Crippen molar-refractivity contribution >= 4 is 11.8 Å². The molecule has 0 amide bonds. The lowest BCUT2D eigenvalue weighted by atomic mass is 10.0. The van der Waals surface area contributed by atoms with Gasteiger partial charge in [0.2, 0.25) is 17.7 Å². The van der Waals surface area contributed by atoms with Crippen molar-refractivity contribution in [2.24, 2.45) is 0 Å². The summed E-state index contributed by atoms with van der Waals surface area (Å²) in [4.78, 5) is 23.4. The molecule has 0 spiro atoms. The average Bonchev–Trinajstić information content (AvgIpc) is 3.35. The van der Waals surface area contributed by atoms with Crippen LogP contribution in [0.1, 0.15) is 17.1 Å². The molecule has 1 aromatic carbocycles. The summed E-state index contributed by atoms with van der Waals surface area (Å²) in [7, 11) is 0. The topological polar surface area (TPSA) is 106 Å². The highest BCUT2D eigenvalue weighted by Crippen LogP contribution is 2.31. The van der Waals surface area contributed by atoms with Crippen molar-refractivity contribution in [3.63, 3.8) is 0 Å². The zero-order valence-electron chi connectivity index (χ0n) is 18.9. The normalized spacial score (nSPS) is 15.9. The van der Waals surface area contributed by atoms with Gasteiger partial charge in [0.1, 0.15) is 5.82 Å². The number of ether oxygens (including phenoxy) is 1. The summed E-state index contributed by atoms with van der Waals surface area (Å²) in [6, 6.07) is 9.76. The van der Waals surface area contributed by atoms with Gasteiger partial charge in [-0.05, 0) is 24.6 Å². The van der Waals surface area contributed by atoms with E-state index in [0.29, 0.717) is 37.4 Å². The molecule has 10 nitrogen and oxygen atoms in total. The van der Waals surface area contributed by atoms with Gasteiger partial charge in [-0.25, -0.2) is 19.9 Å². The van der Waals surface area contributed by atoms with E-state index < -0.39 is 0 Å². The maximum atomic E-state index is 5.58. The van der Waals surface area contributed by atoms with Crippen LogP contribution in [0.2, 0.25) is 0 Å². The number of hydrogen-bond acceptors (Lipinski definition) is 10. The number of fused-ring (bicyclic) bond motifs is 1. The Hall–Kier alpha value is -3.92. The van der Waals surface area contributed by atoms with E-state index in [1.165, 1.54) is 5.56 Å². The molecule has 3 aromatic heterocycles. The standard InChI is InChI=1S/C24H24N8O2/c1-16-29-30-23(34-16)18-5-3-17(4-6-18)21-27-20-15-32(24-25-8-2-9-26-24)10-7-19(20)22(28-21)31-11-13-33-14-12-31/h2-6,8-9H,7,10-15H2,1H3. The predicted molar refractivity (Wildman–Crippen MR) is 125 cm³/mol. The summed E-state index contributed by atoms with van der Waals surface area (Å²) >= 11 is 0. The van der Waals surface area contributed by atoms with Crippen molar-refractivity contribution < 1.29 is 9.15 Å². The monoisotopic (exact) mass is 456 g/mol. The molecule has 34 heavy (non-hydrogen) atoms. The molecule has 0 bridgehead atoms. The van der Waals surface area contributed by atoms with Gasteiger partial charge < -0.3 is 19.0 Å². The highest BCUT2D eigenvalue weighted by molar-refractivity contribution is 5.65. The van der Waals surface area contributed by atoms with Gasteiger partial charge in [-0.1, -0.05) is 12.1 Å². The summed E-state index contributed by atoms with van der Waals surface area (Å²) in [5.41, 5.74) is 4.02. The van der Waals surface area contributed by atoms with E-state index >= 15 is 0 Å². The molecule has 1 fully saturated rings.